The predicted molar refractivity (Wildman–Crippen MR) is 123 cm³/mol. The van der Waals surface area contributed by atoms with Crippen LogP contribution in [0.15, 0.2) is 18.2 Å². The van der Waals surface area contributed by atoms with Gasteiger partial charge in [-0.3, -0.25) is 4.55 Å². The van der Waals surface area contributed by atoms with E-state index in [4.69, 9.17) is 8.74 Å². The van der Waals surface area contributed by atoms with Gasteiger partial charge in [-0.25, -0.2) is 0 Å². The van der Waals surface area contributed by atoms with Crippen LogP contribution < -0.4 is 4.18 Å². The van der Waals surface area contributed by atoms with Crippen molar-refractivity contribution < 1.29 is 18.1 Å². The van der Waals surface area contributed by atoms with Gasteiger partial charge in [0.05, 0.1) is 0 Å². The Bertz CT molecular complexity index is 548. The maximum Gasteiger partial charge on any atom is 0.357 e. The first-order valence-electron chi connectivity index (χ1n) is 11.7. The minimum atomic E-state index is -2.33. The van der Waals surface area contributed by atoms with Crippen molar-refractivity contribution in [3.8, 4) is 11.5 Å². The minimum Gasteiger partial charge on any atom is -0.508 e. The summed E-state index contributed by atoms with van der Waals surface area (Å²) in [5.41, 5.74) is 0.790. The zero-order valence-corrected chi connectivity index (χ0v) is 19.2. The molecule has 1 atom stereocenters. The molecule has 0 fully saturated rings. The van der Waals surface area contributed by atoms with Gasteiger partial charge in [-0.15, -0.1) is 0 Å². The first kappa shape index (κ1) is 26.0. The average Bonchev–Trinajstić information content (AvgIpc) is 2.69. The third kappa shape index (κ3) is 14.5. The van der Waals surface area contributed by atoms with Crippen LogP contribution >= 0.6 is 0 Å². The molecule has 5 heteroatoms. The van der Waals surface area contributed by atoms with Crippen molar-refractivity contribution in [3.05, 3.63) is 23.8 Å². The van der Waals surface area contributed by atoms with E-state index in [0.717, 1.165) is 24.8 Å². The summed E-state index contributed by atoms with van der Waals surface area (Å²) in [4.78, 5) is 0. The van der Waals surface area contributed by atoms with Crippen molar-refractivity contribution in [2.24, 2.45) is 0 Å². The number of aryl methyl sites for hydroxylation is 1. The number of benzene rings is 1. The van der Waals surface area contributed by atoms with Gasteiger partial charge in [0.2, 0.25) is 0 Å². The molecular weight excluding hydrogens is 384 g/mol. The average molecular weight is 427 g/mol. The first-order valence-corrected chi connectivity index (χ1v) is 12.8. The second-order valence-electron chi connectivity index (χ2n) is 8.15. The van der Waals surface area contributed by atoms with E-state index >= 15 is 0 Å². The molecule has 29 heavy (non-hydrogen) atoms. The lowest BCUT2D eigenvalue weighted by Gasteiger charge is -2.09. The maximum atomic E-state index is 10.9. The summed E-state index contributed by atoms with van der Waals surface area (Å²) in [5, 5.41) is 9.61. The molecule has 0 aliphatic carbocycles. The molecule has 1 aromatic rings. The van der Waals surface area contributed by atoms with E-state index in [9.17, 15) is 9.32 Å². The molecule has 0 radical (unpaired) electrons. The molecule has 0 amide bonds. The molecule has 0 aromatic heterocycles. The molecule has 168 valence electrons. The van der Waals surface area contributed by atoms with Crippen LogP contribution in [-0.4, -0.2) is 13.9 Å². The Hall–Kier alpha value is -1.07. The number of phenols is 1. The number of hydrogen-bond acceptors (Lipinski definition) is 3. The van der Waals surface area contributed by atoms with Gasteiger partial charge in [0.25, 0.3) is 0 Å². The Morgan fingerprint density at radius 2 is 1.21 bits per heavy atom. The molecule has 0 spiro atoms. The minimum absolute atomic E-state index is 0.160. The van der Waals surface area contributed by atoms with E-state index in [1.807, 2.05) is 0 Å². The Morgan fingerprint density at radius 1 is 0.759 bits per heavy atom. The highest BCUT2D eigenvalue weighted by molar-refractivity contribution is 7.74. The zero-order valence-electron chi connectivity index (χ0n) is 18.4. The lowest BCUT2D eigenvalue weighted by molar-refractivity contribution is 0.449. The molecule has 0 bridgehead atoms. The van der Waals surface area contributed by atoms with Crippen LogP contribution in [0.4, 0.5) is 0 Å². The first-order chi connectivity index (χ1) is 14.1. The number of rotatable bonds is 19. The van der Waals surface area contributed by atoms with Gasteiger partial charge in [-0.1, -0.05) is 103 Å². The van der Waals surface area contributed by atoms with Gasteiger partial charge in [-0.05, 0) is 36.6 Å². The summed E-state index contributed by atoms with van der Waals surface area (Å²) in [6.45, 7) is 2.27. The topological polar surface area (TPSA) is 66.8 Å². The molecular formula is C24H42O4S. The third-order valence-corrected chi connectivity index (χ3v) is 5.83. The second-order valence-corrected chi connectivity index (χ2v) is 8.75. The molecule has 0 heterocycles. The fourth-order valence-corrected chi connectivity index (χ4v) is 4.10. The van der Waals surface area contributed by atoms with Crippen LogP contribution in [-0.2, 0) is 17.8 Å². The maximum absolute atomic E-state index is 10.9. The van der Waals surface area contributed by atoms with Crippen LogP contribution in [0.25, 0.3) is 0 Å². The standard InChI is InChI=1S/C24H42O4S/c1-2-3-4-5-6-7-8-9-10-11-12-13-14-15-16-17-18-22-21-23(25)19-20-24(22)28-29(26)27/h19-21,25H,2-18H2,1H3,(H,26,27). The van der Waals surface area contributed by atoms with Gasteiger partial charge in [0.1, 0.15) is 11.5 Å². The van der Waals surface area contributed by atoms with Gasteiger partial charge in [0, 0.05) is 0 Å². The van der Waals surface area contributed by atoms with Gasteiger partial charge in [0.15, 0.2) is 0 Å². The normalized spacial score (nSPS) is 12.2. The molecule has 0 saturated carbocycles. The smallest absolute Gasteiger partial charge is 0.357 e. The number of phenolic OH excluding ortho intramolecular Hbond substituents is 1. The Morgan fingerprint density at radius 3 is 1.66 bits per heavy atom. The van der Waals surface area contributed by atoms with E-state index in [1.54, 1.807) is 12.1 Å². The fraction of sp³-hybridized carbons (Fsp3) is 0.750. The van der Waals surface area contributed by atoms with Crippen molar-refractivity contribution in [3.63, 3.8) is 0 Å². The van der Waals surface area contributed by atoms with Crippen molar-refractivity contribution in [2.45, 2.75) is 116 Å². The highest BCUT2D eigenvalue weighted by Gasteiger charge is 2.08. The monoisotopic (exact) mass is 426 g/mol. The highest BCUT2D eigenvalue weighted by Crippen LogP contribution is 2.26. The molecule has 2 N–H and O–H groups in total. The van der Waals surface area contributed by atoms with Crippen LogP contribution in [0, 0.1) is 0 Å². The van der Waals surface area contributed by atoms with Gasteiger partial charge < -0.3 is 9.29 Å². The number of hydrogen-bond donors (Lipinski definition) is 2. The quantitative estimate of drug-likeness (QED) is 0.175. The fourth-order valence-electron chi connectivity index (χ4n) is 3.78. The molecule has 1 unspecified atom stereocenters. The van der Waals surface area contributed by atoms with Gasteiger partial charge in [-0.2, -0.15) is 4.21 Å². The Kier molecular flexibility index (Phi) is 15.9. The van der Waals surface area contributed by atoms with E-state index in [2.05, 4.69) is 6.92 Å². The summed E-state index contributed by atoms with van der Waals surface area (Å²) in [6.07, 6.45) is 22.1. The van der Waals surface area contributed by atoms with E-state index in [0.29, 0.717) is 5.75 Å². The largest absolute Gasteiger partial charge is 0.508 e. The van der Waals surface area contributed by atoms with Gasteiger partial charge >= 0.3 is 11.4 Å². The SMILES string of the molecule is CCCCCCCCCCCCCCCCCCc1cc(O)ccc1OS(=O)O. The van der Waals surface area contributed by atoms with Crippen LogP contribution in [0.1, 0.15) is 115 Å². The summed E-state index contributed by atoms with van der Waals surface area (Å²) in [5.74, 6) is 0.539. The van der Waals surface area contributed by atoms with Crippen LogP contribution in [0.3, 0.4) is 0 Å². The molecule has 1 aromatic carbocycles. The summed E-state index contributed by atoms with van der Waals surface area (Å²) in [7, 11) is 0. The lowest BCUT2D eigenvalue weighted by atomic mass is 10.0. The Labute approximate surface area is 180 Å². The zero-order chi connectivity index (χ0) is 21.2. The van der Waals surface area contributed by atoms with E-state index < -0.39 is 11.4 Å². The molecule has 4 nitrogen and oxygen atoms in total. The molecule has 0 aliphatic rings. The van der Waals surface area contributed by atoms with Crippen molar-refractivity contribution in [1.29, 1.82) is 0 Å². The van der Waals surface area contributed by atoms with Crippen molar-refractivity contribution in [1.82, 2.24) is 0 Å². The van der Waals surface area contributed by atoms with E-state index in [1.165, 1.54) is 96.0 Å². The van der Waals surface area contributed by atoms with E-state index in [-0.39, 0.29) is 5.75 Å². The lowest BCUT2D eigenvalue weighted by Crippen LogP contribution is -2.00. The second kappa shape index (κ2) is 17.8. The van der Waals surface area contributed by atoms with Crippen molar-refractivity contribution >= 4 is 11.4 Å². The summed E-state index contributed by atoms with van der Waals surface area (Å²) in [6, 6.07) is 4.64. The highest BCUT2D eigenvalue weighted by atomic mass is 32.2. The third-order valence-electron chi connectivity index (χ3n) is 5.50. The molecule has 1 rings (SSSR count). The molecule has 0 aliphatic heterocycles. The number of aromatic hydroxyl groups is 1. The Balaban J connectivity index is 1.94. The van der Waals surface area contributed by atoms with Crippen LogP contribution in [0.2, 0.25) is 0 Å². The summed E-state index contributed by atoms with van der Waals surface area (Å²) < 4.78 is 24.7. The van der Waals surface area contributed by atoms with Crippen molar-refractivity contribution in [2.75, 3.05) is 0 Å². The molecule has 0 saturated heterocycles. The summed E-state index contributed by atoms with van der Waals surface area (Å²) >= 11 is -2.33. The number of unbranched alkanes of at least 4 members (excludes halogenated alkanes) is 15. The van der Waals surface area contributed by atoms with Crippen LogP contribution in [0.5, 0.6) is 11.5 Å². The predicted octanol–water partition coefficient (Wildman–Crippen LogP) is 7.71.